The van der Waals surface area contributed by atoms with E-state index in [0.717, 1.165) is 9.80 Å². The summed E-state index contributed by atoms with van der Waals surface area (Å²) in [5.41, 5.74) is 1.04. The van der Waals surface area contributed by atoms with Gasteiger partial charge in [0.1, 0.15) is 23.6 Å². The molecule has 0 spiro atoms. The van der Waals surface area contributed by atoms with Crippen molar-refractivity contribution in [2.24, 2.45) is 0 Å². The number of hydrogen-bond donors (Lipinski definition) is 6. The molecule has 0 aromatic heterocycles. The predicted octanol–water partition coefficient (Wildman–Crippen LogP) is 0.563. The van der Waals surface area contributed by atoms with Crippen molar-refractivity contribution >= 4 is 23.9 Å². The molecular weight excluding hydrogens is 476 g/mol. The molecule has 0 saturated carbocycles. The van der Waals surface area contributed by atoms with Crippen molar-refractivity contribution in [1.82, 2.24) is 9.80 Å². The molecule has 0 aliphatic carbocycles. The van der Waals surface area contributed by atoms with Crippen LogP contribution in [0.1, 0.15) is 11.1 Å². The third-order valence-electron chi connectivity index (χ3n) is 5.53. The Bertz CT molecular complexity index is 970. The van der Waals surface area contributed by atoms with Crippen LogP contribution in [0.3, 0.4) is 0 Å². The Morgan fingerprint density at radius 1 is 0.583 bits per heavy atom. The molecule has 0 saturated heterocycles. The number of carbonyl (C=O) groups is 4. The Morgan fingerprint density at radius 2 is 0.889 bits per heavy atom. The maximum Gasteiger partial charge on any atom is 0.321 e. The molecule has 0 radical (unpaired) electrons. The monoisotopic (exact) mass is 504 g/mol. The largest absolute Gasteiger partial charge is 0.508 e. The molecule has 0 fully saturated rings. The summed E-state index contributed by atoms with van der Waals surface area (Å²) < 4.78 is 0. The Hall–Kier alpha value is -4.16. The molecule has 0 heterocycles. The van der Waals surface area contributed by atoms with Crippen molar-refractivity contribution in [3.8, 4) is 11.5 Å². The van der Waals surface area contributed by atoms with Gasteiger partial charge in [-0.1, -0.05) is 24.3 Å². The molecule has 0 bridgehead atoms. The molecule has 2 atom stereocenters. The van der Waals surface area contributed by atoms with Gasteiger partial charge in [0, 0.05) is 13.1 Å². The fraction of sp³-hybridized carbons (Fsp3) is 0.333. The number of nitrogens with zero attached hydrogens (tertiary/aromatic N) is 2. The van der Waals surface area contributed by atoms with E-state index in [1.54, 1.807) is 0 Å². The van der Waals surface area contributed by atoms with Crippen LogP contribution in [0.4, 0.5) is 0 Å². The van der Waals surface area contributed by atoms with Gasteiger partial charge in [0.05, 0.1) is 13.1 Å². The average Bonchev–Trinajstić information content (AvgIpc) is 2.79. The van der Waals surface area contributed by atoms with Crippen molar-refractivity contribution in [3.63, 3.8) is 0 Å². The first-order valence-electron chi connectivity index (χ1n) is 10.9. The molecule has 12 nitrogen and oxygen atoms in total. The highest BCUT2D eigenvalue weighted by molar-refractivity contribution is 5.77. The number of aliphatic carboxylic acids is 4. The predicted molar refractivity (Wildman–Crippen MR) is 125 cm³/mol. The van der Waals surface area contributed by atoms with E-state index in [1.165, 1.54) is 48.5 Å². The Labute approximate surface area is 206 Å². The number of phenols is 2. The van der Waals surface area contributed by atoms with Crippen LogP contribution >= 0.6 is 0 Å². The molecule has 0 unspecified atom stereocenters. The molecular formula is C24H28N2O10. The highest BCUT2D eigenvalue weighted by atomic mass is 16.4. The first-order chi connectivity index (χ1) is 17.0. The molecule has 2 rings (SSSR count). The van der Waals surface area contributed by atoms with E-state index >= 15 is 0 Å². The van der Waals surface area contributed by atoms with Crippen molar-refractivity contribution in [1.29, 1.82) is 0 Å². The lowest BCUT2D eigenvalue weighted by molar-refractivity contribution is -0.150. The van der Waals surface area contributed by atoms with Crippen LogP contribution in [0.5, 0.6) is 11.5 Å². The highest BCUT2D eigenvalue weighted by Crippen LogP contribution is 2.17. The van der Waals surface area contributed by atoms with Gasteiger partial charge < -0.3 is 30.6 Å². The van der Waals surface area contributed by atoms with Gasteiger partial charge in [0.2, 0.25) is 0 Å². The summed E-state index contributed by atoms with van der Waals surface area (Å²) in [6.45, 7) is -1.83. The normalized spacial score (nSPS) is 12.8. The Morgan fingerprint density at radius 3 is 1.14 bits per heavy atom. The Kier molecular flexibility index (Phi) is 10.2. The van der Waals surface area contributed by atoms with Gasteiger partial charge in [-0.3, -0.25) is 29.0 Å². The van der Waals surface area contributed by atoms with Gasteiger partial charge in [-0.05, 0) is 48.2 Å². The van der Waals surface area contributed by atoms with Gasteiger partial charge in [-0.25, -0.2) is 0 Å². The molecule has 194 valence electrons. The minimum atomic E-state index is -1.31. The highest BCUT2D eigenvalue weighted by Gasteiger charge is 2.31. The van der Waals surface area contributed by atoms with Gasteiger partial charge in [-0.15, -0.1) is 0 Å². The molecule has 0 aliphatic heterocycles. The van der Waals surface area contributed by atoms with Crippen molar-refractivity contribution in [3.05, 3.63) is 59.7 Å². The molecule has 0 amide bonds. The first-order valence-corrected chi connectivity index (χ1v) is 10.9. The smallest absolute Gasteiger partial charge is 0.321 e. The summed E-state index contributed by atoms with van der Waals surface area (Å²) in [7, 11) is 0. The number of hydrogen-bond acceptors (Lipinski definition) is 8. The van der Waals surface area contributed by atoms with Crippen LogP contribution in [-0.4, -0.2) is 103 Å². The quantitative estimate of drug-likeness (QED) is 0.197. The number of benzene rings is 2. The molecule has 2 aromatic carbocycles. The fourth-order valence-corrected chi connectivity index (χ4v) is 3.75. The van der Waals surface area contributed by atoms with E-state index in [1.807, 2.05) is 0 Å². The lowest BCUT2D eigenvalue weighted by atomic mass is 10.0. The minimum Gasteiger partial charge on any atom is -0.508 e. The second kappa shape index (κ2) is 13.1. The summed E-state index contributed by atoms with van der Waals surface area (Å²) in [6, 6.07) is 8.85. The summed E-state index contributed by atoms with van der Waals surface area (Å²) in [5.74, 6) is -5.29. The van der Waals surface area contributed by atoms with Crippen molar-refractivity contribution in [2.45, 2.75) is 24.9 Å². The first kappa shape index (κ1) is 28.1. The fourth-order valence-electron chi connectivity index (χ4n) is 3.75. The van der Waals surface area contributed by atoms with E-state index < -0.39 is 49.1 Å². The Balaban J connectivity index is 2.27. The van der Waals surface area contributed by atoms with Crippen LogP contribution in [-0.2, 0) is 32.0 Å². The topological polar surface area (TPSA) is 196 Å². The number of phenolic OH excluding ortho intramolecular Hbond substituents is 2. The number of carboxylic acid groups (broad SMARTS) is 4. The van der Waals surface area contributed by atoms with Gasteiger partial charge in [0.25, 0.3) is 0 Å². The molecule has 2 aromatic rings. The second-order valence-corrected chi connectivity index (χ2v) is 8.18. The lowest BCUT2D eigenvalue weighted by Crippen LogP contribution is -2.52. The van der Waals surface area contributed by atoms with E-state index in [2.05, 4.69) is 0 Å². The summed E-state index contributed by atoms with van der Waals surface area (Å²) >= 11 is 0. The molecule has 36 heavy (non-hydrogen) atoms. The third-order valence-corrected chi connectivity index (χ3v) is 5.53. The second-order valence-electron chi connectivity index (χ2n) is 8.18. The van der Waals surface area contributed by atoms with Gasteiger partial charge in [-0.2, -0.15) is 0 Å². The van der Waals surface area contributed by atoms with Crippen LogP contribution in [0.25, 0.3) is 0 Å². The zero-order chi connectivity index (χ0) is 26.8. The zero-order valence-electron chi connectivity index (χ0n) is 19.2. The molecule has 6 N–H and O–H groups in total. The standard InChI is InChI=1S/C24H28N2O10/c27-17-5-1-15(2-6-17)11-19(23(33)34)25(13-21(29)30)9-10-26(14-22(31)32)20(24(35)36)12-16-3-7-18(28)8-4-16/h1-8,19-20,27-28H,9-14H2,(H,29,30)(H,31,32)(H,33,34)(H,35,36)/t19-,20-/m0/s1. The number of aromatic hydroxyl groups is 2. The maximum atomic E-state index is 12.0. The van der Waals surface area contributed by atoms with E-state index in [0.29, 0.717) is 11.1 Å². The SMILES string of the molecule is O=C(O)CN(CCN(CC(=O)O)[C@@H](Cc1ccc(O)cc1)C(=O)O)[C@@H](Cc1ccc(O)cc1)C(=O)O. The van der Waals surface area contributed by atoms with E-state index in [4.69, 9.17) is 0 Å². The van der Waals surface area contributed by atoms with Gasteiger partial charge >= 0.3 is 23.9 Å². The van der Waals surface area contributed by atoms with Crippen LogP contribution < -0.4 is 0 Å². The lowest BCUT2D eigenvalue weighted by Gasteiger charge is -2.32. The van der Waals surface area contributed by atoms with Crippen molar-refractivity contribution < 1.29 is 49.8 Å². The minimum absolute atomic E-state index is 0.0225. The number of rotatable bonds is 15. The zero-order valence-corrected chi connectivity index (χ0v) is 19.2. The van der Waals surface area contributed by atoms with E-state index in [9.17, 15) is 49.8 Å². The van der Waals surface area contributed by atoms with Crippen LogP contribution in [0.15, 0.2) is 48.5 Å². The third kappa shape index (κ3) is 8.89. The molecule has 0 aliphatic rings. The summed E-state index contributed by atoms with van der Waals surface area (Å²) in [6.07, 6.45) is -0.199. The van der Waals surface area contributed by atoms with Crippen molar-refractivity contribution in [2.75, 3.05) is 26.2 Å². The summed E-state index contributed by atoms with van der Waals surface area (Å²) in [4.78, 5) is 49.3. The molecule has 12 heteroatoms. The maximum absolute atomic E-state index is 12.0. The van der Waals surface area contributed by atoms with E-state index in [-0.39, 0.29) is 37.4 Å². The average molecular weight is 504 g/mol. The van der Waals surface area contributed by atoms with Gasteiger partial charge in [0.15, 0.2) is 0 Å². The number of carboxylic acids is 4. The van der Waals surface area contributed by atoms with Crippen LogP contribution in [0.2, 0.25) is 0 Å². The van der Waals surface area contributed by atoms with Crippen LogP contribution in [0, 0.1) is 0 Å². The summed E-state index contributed by atoms with van der Waals surface area (Å²) in [5, 5.41) is 57.2.